The van der Waals surface area contributed by atoms with Crippen LogP contribution < -0.4 is 16.4 Å². The van der Waals surface area contributed by atoms with Crippen LogP contribution >= 0.6 is 0 Å². The Labute approximate surface area is 137 Å². The van der Waals surface area contributed by atoms with Gasteiger partial charge in [-0.25, -0.2) is 9.97 Å². The van der Waals surface area contributed by atoms with Crippen LogP contribution in [0.5, 0.6) is 0 Å². The minimum absolute atomic E-state index is 0.232. The Morgan fingerprint density at radius 2 is 2.09 bits per heavy atom. The highest BCUT2D eigenvalue weighted by atomic mass is 16.2. The van der Waals surface area contributed by atoms with Crippen molar-refractivity contribution in [3.8, 4) is 0 Å². The average molecular weight is 318 g/mol. The first-order chi connectivity index (χ1) is 10.8. The molecule has 1 aromatic heterocycles. The number of likely N-dealkylation sites (N-methyl/N-ethyl adjacent to an activating group) is 1. The van der Waals surface area contributed by atoms with Crippen molar-refractivity contribution < 1.29 is 4.79 Å². The van der Waals surface area contributed by atoms with Crippen LogP contribution in [0.3, 0.4) is 0 Å². The summed E-state index contributed by atoms with van der Waals surface area (Å²) in [5, 5.41) is 0. The molecule has 7 heteroatoms. The van der Waals surface area contributed by atoms with Crippen molar-refractivity contribution in [2.24, 2.45) is 11.5 Å². The van der Waals surface area contributed by atoms with E-state index < -0.39 is 5.54 Å². The lowest BCUT2D eigenvalue weighted by Crippen LogP contribution is -2.46. The van der Waals surface area contributed by atoms with Crippen molar-refractivity contribution in [2.45, 2.75) is 32.2 Å². The fourth-order valence-corrected chi connectivity index (χ4v) is 2.73. The molecule has 0 radical (unpaired) electrons. The first-order valence-corrected chi connectivity index (χ1v) is 7.86. The summed E-state index contributed by atoms with van der Waals surface area (Å²) in [7, 11) is 1.70. The third-order valence-corrected chi connectivity index (χ3v) is 3.70. The number of nitrogens with two attached hydrogens (primary N) is 2. The van der Waals surface area contributed by atoms with Crippen LogP contribution in [0.2, 0.25) is 0 Å². The van der Waals surface area contributed by atoms with Crippen molar-refractivity contribution >= 4 is 17.3 Å². The zero-order valence-electron chi connectivity index (χ0n) is 14.1. The molecule has 1 aromatic rings. The Kier molecular flexibility index (Phi) is 5.20. The van der Waals surface area contributed by atoms with E-state index in [0.717, 1.165) is 31.7 Å². The Hall–Kier alpha value is -2.15. The van der Waals surface area contributed by atoms with Crippen molar-refractivity contribution in [3.05, 3.63) is 24.3 Å². The summed E-state index contributed by atoms with van der Waals surface area (Å²) in [6, 6.07) is 1.86. The molecule has 1 aliphatic rings. The van der Waals surface area contributed by atoms with Crippen molar-refractivity contribution in [1.82, 2.24) is 14.9 Å². The summed E-state index contributed by atoms with van der Waals surface area (Å²) < 4.78 is 0. The monoisotopic (exact) mass is 318 g/mol. The van der Waals surface area contributed by atoms with Crippen molar-refractivity contribution in [3.63, 3.8) is 0 Å². The Bertz CT molecular complexity index is 586. The molecule has 0 unspecified atom stereocenters. The van der Waals surface area contributed by atoms with Gasteiger partial charge in [0, 0.05) is 44.6 Å². The third kappa shape index (κ3) is 4.41. The molecular formula is C16H26N6O. The number of nitrogens with zero attached hydrogens (tertiary/aromatic N) is 4. The smallest absolute Gasteiger partial charge is 0.258 e. The summed E-state index contributed by atoms with van der Waals surface area (Å²) in [4.78, 5) is 25.1. The third-order valence-electron chi connectivity index (χ3n) is 3.70. The molecule has 2 heterocycles. The maximum absolute atomic E-state index is 12.6. The first kappa shape index (κ1) is 17.2. The van der Waals surface area contributed by atoms with Gasteiger partial charge in [-0.15, -0.1) is 0 Å². The van der Waals surface area contributed by atoms with Gasteiger partial charge in [0.15, 0.2) is 5.82 Å². The molecular weight excluding hydrogens is 292 g/mol. The van der Waals surface area contributed by atoms with E-state index in [2.05, 4.69) is 14.9 Å². The van der Waals surface area contributed by atoms with Crippen LogP contribution in [0.1, 0.15) is 32.5 Å². The quantitative estimate of drug-likeness (QED) is 0.770. The van der Waals surface area contributed by atoms with E-state index in [-0.39, 0.29) is 11.5 Å². The van der Waals surface area contributed by atoms with E-state index in [0.29, 0.717) is 12.4 Å². The standard InChI is InChI=1S/C16H26N6O/c1-16(2,18)11-21(3)15(23)12(10-17)14-19-7-6-13(20-14)22-8-4-5-9-22/h6-7,10H,4-5,8-9,11,17-18H2,1-3H3. The molecule has 126 valence electrons. The van der Waals surface area contributed by atoms with Crippen LogP contribution in [0.15, 0.2) is 18.5 Å². The van der Waals surface area contributed by atoms with Gasteiger partial charge in [0.1, 0.15) is 5.82 Å². The Balaban J connectivity index is 2.20. The molecule has 0 bridgehead atoms. The van der Waals surface area contributed by atoms with Gasteiger partial charge in [0.05, 0.1) is 5.57 Å². The van der Waals surface area contributed by atoms with Gasteiger partial charge in [-0.2, -0.15) is 0 Å². The molecule has 1 aliphatic heterocycles. The highest BCUT2D eigenvalue weighted by molar-refractivity contribution is 6.18. The second-order valence-electron chi connectivity index (χ2n) is 6.66. The normalized spacial score (nSPS) is 15.8. The SMILES string of the molecule is CN(CC(C)(C)N)C(=O)C(=CN)c1nccc(N2CCCC2)n1. The summed E-state index contributed by atoms with van der Waals surface area (Å²) in [6.07, 6.45) is 5.25. The lowest BCUT2D eigenvalue weighted by molar-refractivity contribution is -0.124. The summed E-state index contributed by atoms with van der Waals surface area (Å²) in [5.74, 6) is 0.953. The van der Waals surface area contributed by atoms with Crippen molar-refractivity contribution in [1.29, 1.82) is 0 Å². The lowest BCUT2D eigenvalue weighted by atomic mass is 10.1. The van der Waals surface area contributed by atoms with Crippen LogP contribution in [0, 0.1) is 0 Å². The summed E-state index contributed by atoms with van der Waals surface area (Å²) in [6.45, 7) is 6.11. The van der Waals surface area contributed by atoms with Gasteiger partial charge in [0.25, 0.3) is 5.91 Å². The van der Waals surface area contributed by atoms with Crippen LogP contribution in [-0.4, -0.2) is 53.0 Å². The van der Waals surface area contributed by atoms with E-state index in [1.807, 2.05) is 19.9 Å². The molecule has 0 aliphatic carbocycles. The number of aromatic nitrogens is 2. The van der Waals surface area contributed by atoms with E-state index in [4.69, 9.17) is 11.5 Å². The lowest BCUT2D eigenvalue weighted by Gasteiger charge is -2.27. The van der Waals surface area contributed by atoms with E-state index in [1.54, 1.807) is 18.1 Å². The number of carbonyl (C=O) groups excluding carboxylic acids is 1. The fourth-order valence-electron chi connectivity index (χ4n) is 2.73. The maximum Gasteiger partial charge on any atom is 0.258 e. The predicted octanol–water partition coefficient (Wildman–Crippen LogP) is 0.572. The number of hydrogen-bond donors (Lipinski definition) is 2. The zero-order chi connectivity index (χ0) is 17.0. The molecule has 2 rings (SSSR count). The Morgan fingerprint density at radius 3 is 2.65 bits per heavy atom. The molecule has 1 saturated heterocycles. The highest BCUT2D eigenvalue weighted by Crippen LogP contribution is 2.20. The van der Waals surface area contributed by atoms with Gasteiger partial charge >= 0.3 is 0 Å². The molecule has 0 saturated carbocycles. The summed E-state index contributed by atoms with van der Waals surface area (Å²) >= 11 is 0. The first-order valence-electron chi connectivity index (χ1n) is 7.86. The molecule has 0 spiro atoms. The molecule has 4 N–H and O–H groups in total. The van der Waals surface area contributed by atoms with Crippen LogP contribution in [0.25, 0.3) is 5.57 Å². The number of anilines is 1. The zero-order valence-corrected chi connectivity index (χ0v) is 14.1. The molecule has 23 heavy (non-hydrogen) atoms. The van der Waals surface area contributed by atoms with Gasteiger partial charge in [-0.3, -0.25) is 4.79 Å². The maximum atomic E-state index is 12.6. The second kappa shape index (κ2) is 6.95. The minimum atomic E-state index is -0.484. The van der Waals surface area contributed by atoms with Gasteiger partial charge in [-0.1, -0.05) is 0 Å². The predicted molar refractivity (Wildman–Crippen MR) is 91.5 cm³/mol. The van der Waals surface area contributed by atoms with Gasteiger partial charge in [0.2, 0.25) is 0 Å². The van der Waals surface area contributed by atoms with E-state index in [9.17, 15) is 4.79 Å². The van der Waals surface area contributed by atoms with E-state index >= 15 is 0 Å². The molecule has 0 atom stereocenters. The largest absolute Gasteiger partial charge is 0.404 e. The molecule has 1 fully saturated rings. The summed E-state index contributed by atoms with van der Waals surface area (Å²) in [5.41, 5.74) is 11.5. The van der Waals surface area contributed by atoms with Gasteiger partial charge < -0.3 is 21.3 Å². The Morgan fingerprint density at radius 1 is 1.43 bits per heavy atom. The molecule has 0 aromatic carbocycles. The van der Waals surface area contributed by atoms with Crippen LogP contribution in [-0.2, 0) is 4.79 Å². The van der Waals surface area contributed by atoms with E-state index in [1.165, 1.54) is 6.20 Å². The minimum Gasteiger partial charge on any atom is -0.404 e. The van der Waals surface area contributed by atoms with Crippen LogP contribution in [0.4, 0.5) is 5.82 Å². The van der Waals surface area contributed by atoms with Crippen molar-refractivity contribution in [2.75, 3.05) is 31.6 Å². The number of carbonyl (C=O) groups is 1. The average Bonchev–Trinajstić information content (AvgIpc) is 3.00. The number of amides is 1. The second-order valence-corrected chi connectivity index (χ2v) is 6.66. The fraction of sp³-hybridized carbons (Fsp3) is 0.562. The molecule has 7 nitrogen and oxygen atoms in total. The number of hydrogen-bond acceptors (Lipinski definition) is 6. The molecule has 1 amide bonds. The topological polar surface area (TPSA) is 101 Å². The van der Waals surface area contributed by atoms with Gasteiger partial charge in [-0.05, 0) is 32.8 Å². The highest BCUT2D eigenvalue weighted by Gasteiger charge is 2.24. The number of rotatable bonds is 5.